The fraction of sp³-hybridized carbons (Fsp3) is 0.571. The summed E-state index contributed by atoms with van der Waals surface area (Å²) in [6.45, 7) is 2.23. The number of nitrogen functional groups attached to an aromatic ring is 1. The molecule has 2 rings (SSSR count). The van der Waals surface area contributed by atoms with E-state index in [1.54, 1.807) is 6.20 Å². The van der Waals surface area contributed by atoms with Crippen LogP contribution in [0.1, 0.15) is 13.3 Å². The minimum atomic E-state index is 0.639. The van der Waals surface area contributed by atoms with E-state index in [9.17, 15) is 0 Å². The SMILES string of the molecule is CC1CC1Nc1ncc(N)s1. The van der Waals surface area contributed by atoms with Gasteiger partial charge in [-0.25, -0.2) is 4.98 Å². The molecule has 4 heteroatoms. The van der Waals surface area contributed by atoms with Crippen LogP contribution in [0.5, 0.6) is 0 Å². The van der Waals surface area contributed by atoms with Crippen molar-refractivity contribution in [2.75, 3.05) is 11.1 Å². The number of hydrogen-bond acceptors (Lipinski definition) is 4. The Morgan fingerprint density at radius 1 is 1.82 bits per heavy atom. The topological polar surface area (TPSA) is 50.9 Å². The molecule has 60 valence electrons. The molecule has 0 aromatic carbocycles. The first-order valence-electron chi connectivity index (χ1n) is 3.73. The first kappa shape index (κ1) is 6.91. The predicted octanol–water partition coefficient (Wildman–Crippen LogP) is 1.55. The number of nitrogens with two attached hydrogens (primary N) is 1. The van der Waals surface area contributed by atoms with Crippen LogP contribution in [0.2, 0.25) is 0 Å². The maximum absolute atomic E-state index is 5.53. The Kier molecular flexibility index (Phi) is 1.49. The van der Waals surface area contributed by atoms with E-state index in [4.69, 9.17) is 5.73 Å². The molecular weight excluding hydrogens is 158 g/mol. The number of anilines is 2. The molecule has 0 saturated heterocycles. The summed E-state index contributed by atoms with van der Waals surface area (Å²) in [6.07, 6.45) is 2.96. The molecule has 1 aliphatic carbocycles. The van der Waals surface area contributed by atoms with E-state index < -0.39 is 0 Å². The van der Waals surface area contributed by atoms with Crippen molar-refractivity contribution in [1.82, 2.24) is 4.98 Å². The van der Waals surface area contributed by atoms with Gasteiger partial charge in [0.15, 0.2) is 5.13 Å². The summed E-state index contributed by atoms with van der Waals surface area (Å²) in [7, 11) is 0. The van der Waals surface area contributed by atoms with Gasteiger partial charge in [-0.1, -0.05) is 18.3 Å². The van der Waals surface area contributed by atoms with Crippen molar-refractivity contribution in [2.24, 2.45) is 5.92 Å². The number of rotatable bonds is 2. The van der Waals surface area contributed by atoms with Gasteiger partial charge in [0.2, 0.25) is 0 Å². The summed E-state index contributed by atoms with van der Waals surface area (Å²) in [5.74, 6) is 0.806. The number of hydrogen-bond donors (Lipinski definition) is 2. The first-order chi connectivity index (χ1) is 5.25. The summed E-state index contributed by atoms with van der Waals surface area (Å²) in [5.41, 5.74) is 5.53. The Morgan fingerprint density at radius 3 is 3.00 bits per heavy atom. The lowest BCUT2D eigenvalue weighted by molar-refractivity contribution is 0.927. The highest BCUT2D eigenvalue weighted by Crippen LogP contribution is 2.34. The molecule has 2 atom stereocenters. The van der Waals surface area contributed by atoms with Gasteiger partial charge in [-0.05, 0) is 12.3 Å². The lowest BCUT2D eigenvalue weighted by Gasteiger charge is -1.96. The summed E-state index contributed by atoms with van der Waals surface area (Å²) in [4.78, 5) is 4.11. The lowest BCUT2D eigenvalue weighted by atomic mass is 10.5. The van der Waals surface area contributed by atoms with Crippen LogP contribution in [0.4, 0.5) is 10.1 Å². The van der Waals surface area contributed by atoms with Gasteiger partial charge in [-0.2, -0.15) is 0 Å². The van der Waals surface area contributed by atoms with E-state index in [1.807, 2.05) is 0 Å². The van der Waals surface area contributed by atoms with E-state index in [0.29, 0.717) is 6.04 Å². The predicted molar refractivity (Wildman–Crippen MR) is 47.7 cm³/mol. The van der Waals surface area contributed by atoms with E-state index in [-0.39, 0.29) is 0 Å². The minimum Gasteiger partial charge on any atom is -0.389 e. The van der Waals surface area contributed by atoms with Gasteiger partial charge in [-0.3, -0.25) is 0 Å². The third kappa shape index (κ3) is 1.45. The van der Waals surface area contributed by atoms with Crippen LogP contribution in [0.3, 0.4) is 0 Å². The molecule has 0 bridgehead atoms. The van der Waals surface area contributed by atoms with Crippen LogP contribution >= 0.6 is 11.3 Å². The second-order valence-corrected chi connectivity index (χ2v) is 4.09. The third-order valence-electron chi connectivity index (χ3n) is 1.94. The van der Waals surface area contributed by atoms with Crippen molar-refractivity contribution < 1.29 is 0 Å². The fourth-order valence-corrected chi connectivity index (χ4v) is 1.68. The summed E-state index contributed by atoms with van der Waals surface area (Å²) < 4.78 is 0. The van der Waals surface area contributed by atoms with Crippen LogP contribution in [0.15, 0.2) is 6.20 Å². The van der Waals surface area contributed by atoms with Gasteiger partial charge in [0, 0.05) is 6.04 Å². The van der Waals surface area contributed by atoms with Crippen molar-refractivity contribution >= 4 is 21.5 Å². The molecule has 0 radical (unpaired) electrons. The van der Waals surface area contributed by atoms with Gasteiger partial charge < -0.3 is 11.1 Å². The molecule has 11 heavy (non-hydrogen) atoms. The van der Waals surface area contributed by atoms with Crippen molar-refractivity contribution in [3.63, 3.8) is 0 Å². The van der Waals surface area contributed by atoms with E-state index >= 15 is 0 Å². The monoisotopic (exact) mass is 169 g/mol. The molecule has 3 nitrogen and oxygen atoms in total. The normalized spacial score (nSPS) is 28.5. The third-order valence-corrected chi connectivity index (χ3v) is 2.70. The van der Waals surface area contributed by atoms with Gasteiger partial charge in [0.05, 0.1) is 6.20 Å². The second-order valence-electron chi connectivity index (χ2n) is 3.03. The molecule has 3 N–H and O–H groups in total. The van der Waals surface area contributed by atoms with E-state index in [2.05, 4.69) is 17.2 Å². The van der Waals surface area contributed by atoms with Crippen molar-refractivity contribution in [1.29, 1.82) is 0 Å². The molecule has 0 amide bonds. The maximum atomic E-state index is 5.53. The molecule has 1 heterocycles. The van der Waals surface area contributed by atoms with E-state index in [1.165, 1.54) is 17.8 Å². The number of aromatic nitrogens is 1. The molecular formula is C7H11N3S. The number of nitrogens with one attached hydrogen (secondary N) is 1. The summed E-state index contributed by atoms with van der Waals surface area (Å²) >= 11 is 1.51. The molecule has 1 fully saturated rings. The fourth-order valence-electron chi connectivity index (χ4n) is 1.04. The Bertz CT molecular complexity index is 258. The zero-order chi connectivity index (χ0) is 7.84. The molecule has 0 spiro atoms. The van der Waals surface area contributed by atoms with Crippen LogP contribution in [-0.2, 0) is 0 Å². The molecule has 1 aromatic rings. The zero-order valence-corrected chi connectivity index (χ0v) is 7.19. The molecule has 1 saturated carbocycles. The zero-order valence-electron chi connectivity index (χ0n) is 6.37. The van der Waals surface area contributed by atoms with Crippen molar-refractivity contribution in [2.45, 2.75) is 19.4 Å². The highest BCUT2D eigenvalue weighted by atomic mass is 32.1. The van der Waals surface area contributed by atoms with Crippen molar-refractivity contribution in [3.05, 3.63) is 6.20 Å². The van der Waals surface area contributed by atoms with Crippen LogP contribution in [0, 0.1) is 5.92 Å². The van der Waals surface area contributed by atoms with Gasteiger partial charge in [0.25, 0.3) is 0 Å². The van der Waals surface area contributed by atoms with Gasteiger partial charge in [-0.15, -0.1) is 0 Å². The lowest BCUT2D eigenvalue weighted by Crippen LogP contribution is -2.02. The summed E-state index contributed by atoms with van der Waals surface area (Å²) in [6, 6.07) is 0.639. The Labute approximate surface area is 69.6 Å². The average molecular weight is 169 g/mol. The first-order valence-corrected chi connectivity index (χ1v) is 4.55. The minimum absolute atomic E-state index is 0.639. The summed E-state index contributed by atoms with van der Waals surface area (Å²) in [5, 5.41) is 5.05. The van der Waals surface area contributed by atoms with E-state index in [0.717, 1.165) is 16.1 Å². The largest absolute Gasteiger partial charge is 0.389 e. The van der Waals surface area contributed by atoms with Gasteiger partial charge in [0.1, 0.15) is 5.00 Å². The van der Waals surface area contributed by atoms with Crippen LogP contribution in [-0.4, -0.2) is 11.0 Å². The highest BCUT2D eigenvalue weighted by Gasteiger charge is 2.32. The Balaban J connectivity index is 1.96. The Morgan fingerprint density at radius 2 is 2.55 bits per heavy atom. The average Bonchev–Trinajstić information content (AvgIpc) is 2.42. The molecule has 1 aliphatic rings. The number of nitrogens with zero attached hydrogens (tertiary/aromatic N) is 1. The smallest absolute Gasteiger partial charge is 0.184 e. The molecule has 2 unspecified atom stereocenters. The molecule has 0 aliphatic heterocycles. The maximum Gasteiger partial charge on any atom is 0.184 e. The standard InChI is InChI=1S/C7H11N3S/c1-4-2-5(4)10-7-9-3-6(8)11-7/h3-5H,2,8H2,1H3,(H,9,10). The van der Waals surface area contributed by atoms with Crippen LogP contribution in [0.25, 0.3) is 0 Å². The quantitative estimate of drug-likeness (QED) is 0.706. The van der Waals surface area contributed by atoms with Gasteiger partial charge >= 0.3 is 0 Å². The second kappa shape index (κ2) is 2.37. The number of thiazole rings is 1. The highest BCUT2D eigenvalue weighted by molar-refractivity contribution is 7.19. The molecule has 1 aromatic heterocycles. The Hall–Kier alpha value is -0.770. The van der Waals surface area contributed by atoms with Crippen molar-refractivity contribution in [3.8, 4) is 0 Å². The van der Waals surface area contributed by atoms with Crippen LogP contribution < -0.4 is 11.1 Å².